The van der Waals surface area contributed by atoms with Crippen LogP contribution < -0.4 is 5.32 Å². The summed E-state index contributed by atoms with van der Waals surface area (Å²) >= 11 is 0. The zero-order chi connectivity index (χ0) is 17.6. The molecule has 0 spiro atoms. The molecule has 1 N–H and O–H groups in total. The van der Waals surface area contributed by atoms with Gasteiger partial charge in [0.1, 0.15) is 11.6 Å². The minimum absolute atomic E-state index is 0.0219. The zero-order valence-corrected chi connectivity index (χ0v) is 14.1. The third-order valence-electron chi connectivity index (χ3n) is 3.44. The van der Waals surface area contributed by atoms with Crippen molar-refractivity contribution in [2.75, 3.05) is 13.6 Å². The summed E-state index contributed by atoms with van der Waals surface area (Å²) in [6, 6.07) is 8.13. The van der Waals surface area contributed by atoms with Gasteiger partial charge in [-0.05, 0) is 42.8 Å². The predicted octanol–water partition coefficient (Wildman–Crippen LogP) is 2.14. The molecule has 2 rings (SSSR count). The van der Waals surface area contributed by atoms with Crippen molar-refractivity contribution in [3.05, 3.63) is 54.2 Å². The van der Waals surface area contributed by atoms with Crippen LogP contribution in [0.15, 0.2) is 52.0 Å². The van der Waals surface area contributed by atoms with E-state index in [0.29, 0.717) is 18.7 Å². The number of hydrogen-bond donors (Lipinski definition) is 1. The Balaban J connectivity index is 1.78. The van der Waals surface area contributed by atoms with Gasteiger partial charge in [0.15, 0.2) is 0 Å². The van der Waals surface area contributed by atoms with Crippen LogP contribution >= 0.6 is 0 Å². The van der Waals surface area contributed by atoms with Gasteiger partial charge in [-0.15, -0.1) is 0 Å². The molecule has 1 aromatic carbocycles. The van der Waals surface area contributed by atoms with Crippen LogP contribution in [-0.2, 0) is 21.4 Å². The lowest BCUT2D eigenvalue weighted by molar-refractivity contribution is -0.121. The fourth-order valence-corrected chi connectivity index (χ4v) is 3.27. The number of carbonyl (C=O) groups excluding carboxylic acids is 1. The van der Waals surface area contributed by atoms with Crippen molar-refractivity contribution in [2.24, 2.45) is 0 Å². The first-order valence-corrected chi connectivity index (χ1v) is 8.84. The maximum Gasteiger partial charge on any atom is 0.242 e. The normalized spacial score (nSPS) is 11.6. The lowest BCUT2D eigenvalue weighted by Gasteiger charge is -2.17. The lowest BCUT2D eigenvalue weighted by atomic mass is 10.3. The van der Waals surface area contributed by atoms with Gasteiger partial charge in [-0.25, -0.2) is 17.1 Å². The predicted molar refractivity (Wildman–Crippen MR) is 86.0 cm³/mol. The summed E-state index contributed by atoms with van der Waals surface area (Å²) in [5, 5.41) is 2.69. The van der Waals surface area contributed by atoms with E-state index in [2.05, 4.69) is 5.32 Å². The average molecular weight is 354 g/mol. The van der Waals surface area contributed by atoms with Crippen LogP contribution in [0.2, 0.25) is 0 Å². The zero-order valence-electron chi connectivity index (χ0n) is 13.2. The molecule has 2 aromatic rings. The van der Waals surface area contributed by atoms with Crippen molar-refractivity contribution in [2.45, 2.75) is 24.3 Å². The quantitative estimate of drug-likeness (QED) is 0.788. The van der Waals surface area contributed by atoms with Crippen molar-refractivity contribution in [3.63, 3.8) is 0 Å². The van der Waals surface area contributed by atoms with E-state index in [-0.39, 0.29) is 23.8 Å². The number of rotatable bonds is 8. The molecule has 0 radical (unpaired) electrons. The van der Waals surface area contributed by atoms with Crippen LogP contribution in [0, 0.1) is 5.82 Å². The standard InChI is InChI=1S/C16H19FN2O4S/c1-19(24(21,22)15-8-6-13(17)7-9-15)10-2-5-16(20)18-12-14-4-3-11-23-14/h3-4,6-9,11H,2,5,10,12H2,1H3,(H,18,20). The Bertz CT molecular complexity index is 758. The Labute approximate surface area is 140 Å². The highest BCUT2D eigenvalue weighted by molar-refractivity contribution is 7.89. The minimum atomic E-state index is -3.68. The molecule has 1 heterocycles. The van der Waals surface area contributed by atoms with Crippen molar-refractivity contribution in [1.29, 1.82) is 0 Å². The number of carbonyl (C=O) groups is 1. The van der Waals surface area contributed by atoms with E-state index < -0.39 is 15.8 Å². The van der Waals surface area contributed by atoms with E-state index in [1.54, 1.807) is 12.1 Å². The Morgan fingerprint density at radius 2 is 1.96 bits per heavy atom. The molecule has 0 unspecified atom stereocenters. The van der Waals surface area contributed by atoms with E-state index in [1.165, 1.54) is 25.4 Å². The molecular formula is C16H19FN2O4S. The molecule has 1 amide bonds. The minimum Gasteiger partial charge on any atom is -0.467 e. The monoisotopic (exact) mass is 354 g/mol. The number of sulfonamides is 1. The van der Waals surface area contributed by atoms with Gasteiger partial charge >= 0.3 is 0 Å². The Hall–Kier alpha value is -2.19. The van der Waals surface area contributed by atoms with Crippen molar-refractivity contribution in [3.8, 4) is 0 Å². The van der Waals surface area contributed by atoms with Gasteiger partial charge in [-0.1, -0.05) is 0 Å². The summed E-state index contributed by atoms with van der Waals surface area (Å²) in [5.74, 6) is -0.0248. The second-order valence-electron chi connectivity index (χ2n) is 5.24. The van der Waals surface area contributed by atoms with E-state index in [4.69, 9.17) is 4.42 Å². The Kier molecular flexibility index (Phi) is 6.10. The molecule has 0 bridgehead atoms. The number of halogens is 1. The van der Waals surface area contributed by atoms with Crippen LogP contribution in [0.3, 0.4) is 0 Å². The van der Waals surface area contributed by atoms with Gasteiger partial charge in [-0.3, -0.25) is 4.79 Å². The summed E-state index contributed by atoms with van der Waals surface area (Å²) in [7, 11) is -2.25. The van der Waals surface area contributed by atoms with Crippen LogP contribution in [-0.4, -0.2) is 32.2 Å². The summed E-state index contributed by atoms with van der Waals surface area (Å²) in [6.07, 6.45) is 2.10. The van der Waals surface area contributed by atoms with Crippen molar-refractivity contribution >= 4 is 15.9 Å². The van der Waals surface area contributed by atoms with Gasteiger partial charge in [0.05, 0.1) is 17.7 Å². The third-order valence-corrected chi connectivity index (χ3v) is 5.31. The first-order chi connectivity index (χ1) is 11.4. The van der Waals surface area contributed by atoms with E-state index in [1.807, 2.05) is 0 Å². The maximum atomic E-state index is 12.9. The van der Waals surface area contributed by atoms with Gasteiger partial charge in [-0.2, -0.15) is 0 Å². The molecule has 6 nitrogen and oxygen atoms in total. The number of hydrogen-bond acceptors (Lipinski definition) is 4. The molecule has 1 aromatic heterocycles. The van der Waals surface area contributed by atoms with E-state index in [9.17, 15) is 17.6 Å². The molecule has 0 atom stereocenters. The highest BCUT2D eigenvalue weighted by Crippen LogP contribution is 2.15. The average Bonchev–Trinajstić information content (AvgIpc) is 3.06. The third kappa shape index (κ3) is 4.90. The van der Waals surface area contributed by atoms with Gasteiger partial charge in [0, 0.05) is 20.0 Å². The smallest absolute Gasteiger partial charge is 0.242 e. The van der Waals surface area contributed by atoms with Crippen molar-refractivity contribution < 1.29 is 22.0 Å². The molecule has 0 saturated carbocycles. The lowest BCUT2D eigenvalue weighted by Crippen LogP contribution is -2.29. The molecule has 0 fully saturated rings. The molecular weight excluding hydrogens is 335 g/mol. The van der Waals surface area contributed by atoms with E-state index >= 15 is 0 Å². The largest absolute Gasteiger partial charge is 0.467 e. The summed E-state index contributed by atoms with van der Waals surface area (Å²) in [6.45, 7) is 0.490. The summed E-state index contributed by atoms with van der Waals surface area (Å²) in [5.41, 5.74) is 0. The molecule has 0 saturated heterocycles. The molecule has 0 aliphatic rings. The van der Waals surface area contributed by atoms with Gasteiger partial charge < -0.3 is 9.73 Å². The SMILES string of the molecule is CN(CCCC(=O)NCc1ccco1)S(=O)(=O)c1ccc(F)cc1. The summed E-state index contributed by atoms with van der Waals surface area (Å²) < 4.78 is 43.7. The molecule has 8 heteroatoms. The molecule has 24 heavy (non-hydrogen) atoms. The highest BCUT2D eigenvalue weighted by atomic mass is 32.2. The number of furan rings is 1. The first-order valence-electron chi connectivity index (χ1n) is 7.40. The fraction of sp³-hybridized carbons (Fsp3) is 0.312. The van der Waals surface area contributed by atoms with Crippen LogP contribution in [0.5, 0.6) is 0 Å². The summed E-state index contributed by atoms with van der Waals surface area (Å²) in [4.78, 5) is 11.7. The van der Waals surface area contributed by atoms with Crippen molar-refractivity contribution in [1.82, 2.24) is 9.62 Å². The second kappa shape index (κ2) is 8.07. The van der Waals surface area contributed by atoms with Crippen LogP contribution in [0.4, 0.5) is 4.39 Å². The molecule has 0 aliphatic carbocycles. The Morgan fingerprint density at radius 1 is 1.25 bits per heavy atom. The highest BCUT2D eigenvalue weighted by Gasteiger charge is 2.20. The van der Waals surface area contributed by atoms with Crippen LogP contribution in [0.1, 0.15) is 18.6 Å². The first kappa shape index (κ1) is 18.2. The van der Waals surface area contributed by atoms with E-state index in [0.717, 1.165) is 16.4 Å². The molecule has 0 aliphatic heterocycles. The number of nitrogens with zero attached hydrogens (tertiary/aromatic N) is 1. The fourth-order valence-electron chi connectivity index (χ4n) is 2.06. The second-order valence-corrected chi connectivity index (χ2v) is 7.29. The van der Waals surface area contributed by atoms with Gasteiger partial charge in [0.25, 0.3) is 0 Å². The molecule has 130 valence electrons. The van der Waals surface area contributed by atoms with Gasteiger partial charge in [0.2, 0.25) is 15.9 Å². The maximum absolute atomic E-state index is 12.9. The number of nitrogens with one attached hydrogen (secondary N) is 1. The Morgan fingerprint density at radius 3 is 2.58 bits per heavy atom. The van der Waals surface area contributed by atoms with Crippen LogP contribution in [0.25, 0.3) is 0 Å². The topological polar surface area (TPSA) is 79.6 Å². The number of benzene rings is 1. The number of amides is 1.